The zero-order valence-corrected chi connectivity index (χ0v) is 18.5. The monoisotopic (exact) mass is 400 g/mol. The molecule has 0 bridgehead atoms. The molecule has 1 aromatic carbocycles. The fraction of sp³-hybridized carbons (Fsp3) is 0.591. The van der Waals surface area contributed by atoms with Gasteiger partial charge in [-0.05, 0) is 25.1 Å². The zero-order valence-electron chi connectivity index (χ0n) is 18.5. The van der Waals surface area contributed by atoms with E-state index in [0.717, 1.165) is 50.8 Å². The highest BCUT2D eigenvalue weighted by atomic mass is 16.5. The average Bonchev–Trinajstić information content (AvgIpc) is 3.22. The summed E-state index contributed by atoms with van der Waals surface area (Å²) in [6, 6.07) is 10.9. The van der Waals surface area contributed by atoms with Crippen LogP contribution in [0.4, 0.5) is 0 Å². The van der Waals surface area contributed by atoms with Crippen molar-refractivity contribution in [1.82, 2.24) is 25.7 Å². The highest BCUT2D eigenvalue weighted by molar-refractivity contribution is 5.79. The first-order valence-corrected chi connectivity index (χ1v) is 10.6. The Morgan fingerprint density at radius 1 is 1.14 bits per heavy atom. The third-order valence-electron chi connectivity index (χ3n) is 4.98. The Morgan fingerprint density at radius 3 is 2.45 bits per heavy atom. The molecule has 1 atom stereocenters. The van der Waals surface area contributed by atoms with Crippen LogP contribution in [0.3, 0.4) is 0 Å². The van der Waals surface area contributed by atoms with Crippen molar-refractivity contribution in [3.8, 4) is 0 Å². The number of hydrogen-bond acceptors (Lipinski definition) is 5. The van der Waals surface area contributed by atoms with Crippen molar-refractivity contribution < 1.29 is 4.52 Å². The third-order valence-corrected chi connectivity index (χ3v) is 4.98. The van der Waals surface area contributed by atoms with Gasteiger partial charge in [0, 0.05) is 32.5 Å². The van der Waals surface area contributed by atoms with Crippen LogP contribution in [-0.2, 0) is 6.42 Å². The Morgan fingerprint density at radius 2 is 1.86 bits per heavy atom. The predicted molar refractivity (Wildman–Crippen MR) is 118 cm³/mol. The summed E-state index contributed by atoms with van der Waals surface area (Å²) in [5.41, 5.74) is 1.32. The number of aromatic nitrogens is 2. The van der Waals surface area contributed by atoms with Crippen molar-refractivity contribution in [3.63, 3.8) is 0 Å². The molecule has 0 aliphatic rings. The lowest BCUT2D eigenvalue weighted by Gasteiger charge is -2.30. The molecule has 29 heavy (non-hydrogen) atoms. The highest BCUT2D eigenvalue weighted by Gasteiger charge is 2.18. The van der Waals surface area contributed by atoms with Crippen LogP contribution in [0.25, 0.3) is 0 Å². The second kappa shape index (κ2) is 12.2. The molecule has 160 valence electrons. The maximum Gasteiger partial charge on any atom is 0.226 e. The molecule has 0 fully saturated rings. The van der Waals surface area contributed by atoms with Crippen molar-refractivity contribution >= 4 is 5.96 Å². The molecular weight excluding hydrogens is 364 g/mol. The number of likely N-dealkylation sites (N-methyl/N-ethyl adjacent to an activating group) is 1. The van der Waals surface area contributed by atoms with Crippen LogP contribution < -0.4 is 10.6 Å². The van der Waals surface area contributed by atoms with Gasteiger partial charge in [-0.2, -0.15) is 4.98 Å². The second-order valence-corrected chi connectivity index (χ2v) is 7.33. The molecule has 0 aliphatic carbocycles. The predicted octanol–water partition coefficient (Wildman–Crippen LogP) is 3.37. The van der Waals surface area contributed by atoms with Crippen LogP contribution in [0, 0.1) is 0 Å². The lowest BCUT2D eigenvalue weighted by molar-refractivity contribution is 0.219. The lowest BCUT2D eigenvalue weighted by atomic mass is 10.1. The summed E-state index contributed by atoms with van der Waals surface area (Å²) in [5.74, 6) is 2.57. The van der Waals surface area contributed by atoms with E-state index in [0.29, 0.717) is 11.9 Å². The SMILES string of the molecule is CCN(CC)C(CNC(=NC)NCCCc1nc(C(C)C)no1)c1ccccc1. The van der Waals surface area contributed by atoms with E-state index < -0.39 is 0 Å². The number of hydrogen-bond donors (Lipinski definition) is 2. The van der Waals surface area contributed by atoms with E-state index in [9.17, 15) is 0 Å². The van der Waals surface area contributed by atoms with Crippen molar-refractivity contribution in [2.24, 2.45) is 4.99 Å². The minimum atomic E-state index is 0.289. The number of rotatable bonds is 11. The van der Waals surface area contributed by atoms with Crippen molar-refractivity contribution in [2.75, 3.05) is 33.2 Å². The van der Waals surface area contributed by atoms with Gasteiger partial charge in [0.25, 0.3) is 0 Å². The molecule has 0 saturated carbocycles. The summed E-state index contributed by atoms with van der Waals surface area (Å²) in [6.45, 7) is 12.1. The largest absolute Gasteiger partial charge is 0.356 e. The molecule has 1 heterocycles. The van der Waals surface area contributed by atoms with Crippen molar-refractivity contribution in [3.05, 3.63) is 47.6 Å². The summed E-state index contributed by atoms with van der Waals surface area (Å²) in [6.07, 6.45) is 1.66. The molecule has 0 amide bonds. The molecule has 1 unspecified atom stereocenters. The normalized spacial score (nSPS) is 13.1. The molecule has 7 heteroatoms. The van der Waals surface area contributed by atoms with Crippen LogP contribution in [0.5, 0.6) is 0 Å². The van der Waals surface area contributed by atoms with Crippen LogP contribution in [-0.4, -0.2) is 54.2 Å². The third kappa shape index (κ3) is 7.16. The average molecular weight is 401 g/mol. The summed E-state index contributed by atoms with van der Waals surface area (Å²) in [5, 5.41) is 10.9. The molecule has 0 spiro atoms. The number of nitrogens with one attached hydrogen (secondary N) is 2. The van der Waals surface area contributed by atoms with Crippen LogP contribution in [0.2, 0.25) is 0 Å². The summed E-state index contributed by atoms with van der Waals surface area (Å²) in [7, 11) is 1.80. The van der Waals surface area contributed by atoms with Gasteiger partial charge in [-0.15, -0.1) is 0 Å². The molecule has 2 N–H and O–H groups in total. The van der Waals surface area contributed by atoms with Gasteiger partial charge in [0.15, 0.2) is 11.8 Å². The van der Waals surface area contributed by atoms with Gasteiger partial charge in [-0.25, -0.2) is 0 Å². The molecule has 0 aliphatic heterocycles. The fourth-order valence-electron chi connectivity index (χ4n) is 3.26. The molecule has 7 nitrogen and oxygen atoms in total. The van der Waals surface area contributed by atoms with Gasteiger partial charge in [-0.1, -0.05) is 63.2 Å². The van der Waals surface area contributed by atoms with Crippen LogP contribution in [0.15, 0.2) is 39.8 Å². The van der Waals surface area contributed by atoms with E-state index >= 15 is 0 Å². The summed E-state index contributed by atoms with van der Waals surface area (Å²) < 4.78 is 5.30. The van der Waals surface area contributed by atoms with E-state index in [2.05, 4.69) is 88.7 Å². The standard InChI is InChI=1S/C22H36N6O/c1-6-28(7-2)19(18-12-9-8-10-13-18)16-25-22(23-5)24-15-11-14-20-26-21(17(3)4)27-29-20/h8-10,12-13,17,19H,6-7,11,14-16H2,1-5H3,(H2,23,24,25). The summed E-state index contributed by atoms with van der Waals surface area (Å²) >= 11 is 0. The highest BCUT2D eigenvalue weighted by Crippen LogP contribution is 2.19. The van der Waals surface area contributed by atoms with Gasteiger partial charge >= 0.3 is 0 Å². The van der Waals surface area contributed by atoms with E-state index in [-0.39, 0.29) is 5.92 Å². The van der Waals surface area contributed by atoms with E-state index in [1.165, 1.54) is 5.56 Å². The minimum Gasteiger partial charge on any atom is -0.356 e. The number of aryl methyl sites for hydroxylation is 1. The Bertz CT molecular complexity index is 724. The topological polar surface area (TPSA) is 78.6 Å². The van der Waals surface area contributed by atoms with E-state index in [1.807, 2.05) is 0 Å². The maximum absolute atomic E-state index is 5.30. The number of nitrogens with zero attached hydrogens (tertiary/aromatic N) is 4. The smallest absolute Gasteiger partial charge is 0.226 e. The second-order valence-electron chi connectivity index (χ2n) is 7.33. The first kappa shape index (κ1) is 22.9. The molecule has 0 saturated heterocycles. The van der Waals surface area contributed by atoms with Gasteiger partial charge in [-0.3, -0.25) is 9.89 Å². The zero-order chi connectivity index (χ0) is 21.1. The Labute approximate surface area is 175 Å². The first-order chi connectivity index (χ1) is 14.1. The van der Waals surface area contributed by atoms with Gasteiger partial charge in [0.1, 0.15) is 0 Å². The summed E-state index contributed by atoms with van der Waals surface area (Å²) in [4.78, 5) is 11.2. The minimum absolute atomic E-state index is 0.289. The number of benzene rings is 1. The van der Waals surface area contributed by atoms with E-state index in [4.69, 9.17) is 4.52 Å². The van der Waals surface area contributed by atoms with Crippen molar-refractivity contribution in [1.29, 1.82) is 0 Å². The molecule has 2 rings (SSSR count). The Kier molecular flexibility index (Phi) is 9.64. The fourth-order valence-corrected chi connectivity index (χ4v) is 3.26. The maximum atomic E-state index is 5.30. The van der Waals surface area contributed by atoms with Crippen LogP contribution in [0.1, 0.15) is 63.4 Å². The Balaban J connectivity index is 1.82. The Hall–Kier alpha value is -2.41. The first-order valence-electron chi connectivity index (χ1n) is 10.6. The van der Waals surface area contributed by atoms with Gasteiger partial charge in [0.05, 0.1) is 6.04 Å². The van der Waals surface area contributed by atoms with E-state index in [1.54, 1.807) is 7.05 Å². The quantitative estimate of drug-likeness (QED) is 0.342. The molecule has 2 aromatic rings. The van der Waals surface area contributed by atoms with Gasteiger partial charge < -0.3 is 15.2 Å². The lowest BCUT2D eigenvalue weighted by Crippen LogP contribution is -2.43. The van der Waals surface area contributed by atoms with Gasteiger partial charge in [0.2, 0.25) is 5.89 Å². The molecule has 0 radical (unpaired) electrons. The number of guanidine groups is 1. The van der Waals surface area contributed by atoms with Crippen LogP contribution >= 0.6 is 0 Å². The van der Waals surface area contributed by atoms with Crippen molar-refractivity contribution in [2.45, 2.75) is 52.5 Å². The molecular formula is C22H36N6O. The number of aliphatic imine (C=N–C) groups is 1. The molecule has 1 aromatic heterocycles.